The van der Waals surface area contributed by atoms with E-state index in [1.165, 1.54) is 19.2 Å². The molecule has 29 heavy (non-hydrogen) atoms. The van der Waals surface area contributed by atoms with E-state index in [0.29, 0.717) is 22.7 Å². The number of rotatable bonds is 6. The van der Waals surface area contributed by atoms with Crippen molar-refractivity contribution in [2.75, 3.05) is 12.0 Å². The van der Waals surface area contributed by atoms with E-state index >= 15 is 0 Å². The number of hydrogen-bond acceptors (Lipinski definition) is 5. The minimum Gasteiger partial charge on any atom is -0.466 e. The van der Waals surface area contributed by atoms with Crippen LogP contribution in [0.1, 0.15) is 31.4 Å². The first-order valence-corrected chi connectivity index (χ1v) is 9.60. The number of nitrogens with one attached hydrogen (secondary N) is 1. The summed E-state index contributed by atoms with van der Waals surface area (Å²) in [4.78, 5) is 25.2. The molecule has 1 atom stereocenters. The number of hydrogen-bond donors (Lipinski definition) is 1. The molecule has 0 bridgehead atoms. The molecule has 0 aromatic heterocycles. The number of carbonyl (C=O) groups excluding carboxylic acids is 1. The summed E-state index contributed by atoms with van der Waals surface area (Å²) in [5.74, 6) is -0.465. The molecule has 3 rings (SSSR count). The molecule has 8 heteroatoms. The van der Waals surface area contributed by atoms with Gasteiger partial charge in [-0.25, -0.2) is 4.79 Å². The molecule has 0 saturated carbocycles. The average Bonchev–Trinajstić information content (AvgIpc) is 2.74. The van der Waals surface area contributed by atoms with E-state index in [4.69, 9.17) is 17.0 Å². The van der Waals surface area contributed by atoms with Crippen LogP contribution in [0.4, 0.5) is 11.4 Å². The van der Waals surface area contributed by atoms with E-state index < -0.39 is 16.9 Å². The Labute approximate surface area is 174 Å². The second-order valence-corrected chi connectivity index (χ2v) is 6.89. The van der Waals surface area contributed by atoms with Gasteiger partial charge in [-0.05, 0) is 48.5 Å². The van der Waals surface area contributed by atoms with Gasteiger partial charge in [-0.2, -0.15) is 0 Å². The summed E-state index contributed by atoms with van der Waals surface area (Å²) in [6.07, 6.45) is 1.42. The van der Waals surface area contributed by atoms with E-state index in [-0.39, 0.29) is 5.69 Å². The van der Waals surface area contributed by atoms with Crippen molar-refractivity contribution in [3.63, 3.8) is 0 Å². The number of ether oxygens (including phenoxy) is 1. The van der Waals surface area contributed by atoms with E-state index in [9.17, 15) is 14.9 Å². The van der Waals surface area contributed by atoms with Gasteiger partial charge in [0, 0.05) is 23.5 Å². The maximum Gasteiger partial charge on any atom is 0.337 e. The monoisotopic (exact) mass is 411 g/mol. The smallest absolute Gasteiger partial charge is 0.337 e. The minimum absolute atomic E-state index is 0.0181. The van der Waals surface area contributed by atoms with Crippen LogP contribution in [0.15, 0.2) is 65.9 Å². The number of para-hydroxylation sites is 1. The SMILES string of the molecule is CCCC1=C(C(=O)OC)[C@@H](c2ccc([N+](=O)[O-])cc2)NC(=S)N1c1ccccc1. The molecule has 150 valence electrons. The molecule has 1 aliphatic heterocycles. The molecule has 2 aromatic carbocycles. The summed E-state index contributed by atoms with van der Waals surface area (Å²) in [5, 5.41) is 14.6. The summed E-state index contributed by atoms with van der Waals surface area (Å²) < 4.78 is 5.08. The lowest BCUT2D eigenvalue weighted by molar-refractivity contribution is -0.384. The van der Waals surface area contributed by atoms with Gasteiger partial charge in [-0.15, -0.1) is 0 Å². The summed E-state index contributed by atoms with van der Waals surface area (Å²) in [6, 6.07) is 15.1. The first-order chi connectivity index (χ1) is 14.0. The highest BCUT2D eigenvalue weighted by molar-refractivity contribution is 7.80. The highest BCUT2D eigenvalue weighted by Gasteiger charge is 2.36. The summed E-state index contributed by atoms with van der Waals surface area (Å²) in [6.45, 7) is 2.02. The van der Waals surface area contributed by atoms with Gasteiger partial charge >= 0.3 is 5.97 Å². The Balaban J connectivity index is 2.16. The van der Waals surface area contributed by atoms with Crippen LogP contribution in [0.3, 0.4) is 0 Å². The van der Waals surface area contributed by atoms with Crippen molar-refractivity contribution >= 4 is 34.7 Å². The van der Waals surface area contributed by atoms with Crippen LogP contribution in [0.5, 0.6) is 0 Å². The third-order valence-corrected chi connectivity index (χ3v) is 4.98. The highest BCUT2D eigenvalue weighted by atomic mass is 32.1. The zero-order valence-electron chi connectivity index (χ0n) is 16.1. The Kier molecular flexibility index (Phi) is 6.23. The molecule has 1 aliphatic rings. The molecular formula is C21H21N3O4S. The van der Waals surface area contributed by atoms with E-state index in [2.05, 4.69) is 5.32 Å². The molecule has 0 unspecified atom stereocenters. The van der Waals surface area contributed by atoms with Crippen LogP contribution in [0.2, 0.25) is 0 Å². The van der Waals surface area contributed by atoms with Crippen molar-refractivity contribution in [2.45, 2.75) is 25.8 Å². The van der Waals surface area contributed by atoms with Gasteiger partial charge in [0.2, 0.25) is 0 Å². The fourth-order valence-corrected chi connectivity index (χ4v) is 3.72. The molecular weight excluding hydrogens is 390 g/mol. The fourth-order valence-electron chi connectivity index (χ4n) is 3.39. The largest absolute Gasteiger partial charge is 0.466 e. The molecule has 0 saturated heterocycles. The minimum atomic E-state index is -0.558. The van der Waals surface area contributed by atoms with Crippen molar-refractivity contribution in [3.05, 3.63) is 81.5 Å². The zero-order valence-corrected chi connectivity index (χ0v) is 16.9. The number of methoxy groups -OCH3 is 1. The van der Waals surface area contributed by atoms with Crippen LogP contribution in [0, 0.1) is 10.1 Å². The third-order valence-electron chi connectivity index (χ3n) is 4.68. The van der Waals surface area contributed by atoms with Crippen molar-refractivity contribution < 1.29 is 14.5 Å². The third kappa shape index (κ3) is 4.12. The number of carbonyl (C=O) groups is 1. The first-order valence-electron chi connectivity index (χ1n) is 9.19. The van der Waals surface area contributed by atoms with Crippen molar-refractivity contribution in [3.8, 4) is 0 Å². The number of allylic oxidation sites excluding steroid dienone is 1. The molecule has 0 fully saturated rings. The number of benzene rings is 2. The van der Waals surface area contributed by atoms with Crippen molar-refractivity contribution in [1.82, 2.24) is 5.32 Å². The number of esters is 1. The van der Waals surface area contributed by atoms with Crippen LogP contribution >= 0.6 is 12.2 Å². The fraction of sp³-hybridized carbons (Fsp3) is 0.238. The quantitative estimate of drug-likeness (QED) is 0.329. The summed E-state index contributed by atoms with van der Waals surface area (Å²) in [5.41, 5.74) is 2.73. The number of nitro groups is 1. The Bertz CT molecular complexity index is 958. The normalized spacial score (nSPS) is 16.4. The molecule has 0 amide bonds. The lowest BCUT2D eigenvalue weighted by Gasteiger charge is -2.38. The maximum atomic E-state index is 12.8. The molecule has 0 radical (unpaired) electrons. The predicted octanol–water partition coefficient (Wildman–Crippen LogP) is 4.26. The van der Waals surface area contributed by atoms with Gasteiger partial charge < -0.3 is 10.1 Å². The number of anilines is 1. The Hall–Kier alpha value is -3.26. The number of nitro benzene ring substituents is 1. The zero-order chi connectivity index (χ0) is 21.0. The summed E-state index contributed by atoms with van der Waals surface area (Å²) in [7, 11) is 1.34. The van der Waals surface area contributed by atoms with Crippen LogP contribution in [-0.4, -0.2) is 23.1 Å². The van der Waals surface area contributed by atoms with Gasteiger partial charge in [-0.3, -0.25) is 15.0 Å². The highest BCUT2D eigenvalue weighted by Crippen LogP contribution is 2.36. The second-order valence-electron chi connectivity index (χ2n) is 6.50. The second kappa shape index (κ2) is 8.83. The van der Waals surface area contributed by atoms with Gasteiger partial charge in [0.1, 0.15) is 0 Å². The first kappa shape index (κ1) is 20.5. The van der Waals surface area contributed by atoms with E-state index in [1.54, 1.807) is 12.1 Å². The lowest BCUT2D eigenvalue weighted by atomic mass is 9.92. The Morgan fingerprint density at radius 2 is 1.86 bits per heavy atom. The van der Waals surface area contributed by atoms with Gasteiger partial charge in [0.05, 0.1) is 23.6 Å². The van der Waals surface area contributed by atoms with Gasteiger partial charge in [0.15, 0.2) is 5.11 Å². The molecule has 0 spiro atoms. The van der Waals surface area contributed by atoms with Crippen molar-refractivity contribution in [2.24, 2.45) is 0 Å². The van der Waals surface area contributed by atoms with Crippen LogP contribution < -0.4 is 10.2 Å². The van der Waals surface area contributed by atoms with E-state index in [0.717, 1.165) is 17.8 Å². The lowest BCUT2D eigenvalue weighted by Crippen LogP contribution is -2.48. The standard InChI is InChI=1S/C21H21N3O4S/c1-3-7-17-18(20(25)28-2)19(14-10-12-16(13-11-14)24(26)27)22-21(29)23(17)15-8-5-4-6-9-15/h4-6,8-13,19H,3,7H2,1-2H3,(H,22,29)/t19-/m1/s1. The molecule has 1 N–H and O–H groups in total. The summed E-state index contributed by atoms with van der Waals surface area (Å²) >= 11 is 5.64. The van der Waals surface area contributed by atoms with Gasteiger partial charge in [0.25, 0.3) is 5.69 Å². The molecule has 1 heterocycles. The topological polar surface area (TPSA) is 84.7 Å². The average molecular weight is 411 g/mol. The number of non-ortho nitro benzene ring substituents is 1. The Morgan fingerprint density at radius 1 is 1.21 bits per heavy atom. The maximum absolute atomic E-state index is 12.8. The van der Waals surface area contributed by atoms with E-state index in [1.807, 2.05) is 42.2 Å². The van der Waals surface area contributed by atoms with Crippen molar-refractivity contribution in [1.29, 1.82) is 0 Å². The number of nitrogens with zero attached hydrogens (tertiary/aromatic N) is 2. The Morgan fingerprint density at radius 3 is 2.41 bits per heavy atom. The van der Waals surface area contributed by atoms with Crippen LogP contribution in [0.25, 0.3) is 0 Å². The predicted molar refractivity (Wildman–Crippen MR) is 114 cm³/mol. The molecule has 2 aromatic rings. The number of thiocarbonyl (C=S) groups is 1. The van der Waals surface area contributed by atoms with Gasteiger partial charge in [-0.1, -0.05) is 31.5 Å². The molecule has 7 nitrogen and oxygen atoms in total. The molecule has 0 aliphatic carbocycles. The van der Waals surface area contributed by atoms with Crippen LogP contribution in [-0.2, 0) is 9.53 Å².